The molecule has 0 fully saturated rings. The first kappa shape index (κ1) is 10.5. The lowest BCUT2D eigenvalue weighted by molar-refractivity contribution is -0.176. The van der Waals surface area contributed by atoms with Gasteiger partial charge in [0.05, 0.1) is 0 Å². The molecule has 0 heterocycles. The van der Waals surface area contributed by atoms with Crippen molar-refractivity contribution in [2.75, 3.05) is 0 Å². The third kappa shape index (κ3) is 20.9. The zero-order valence-corrected chi connectivity index (χ0v) is 5.37. The van der Waals surface area contributed by atoms with Crippen molar-refractivity contribution in [1.29, 1.82) is 0 Å². The third-order valence-corrected chi connectivity index (χ3v) is 0.742. The summed E-state index contributed by atoms with van der Waals surface area (Å²) in [4.78, 5) is 0. The van der Waals surface area contributed by atoms with Crippen molar-refractivity contribution in [2.45, 2.75) is 0 Å². The lowest BCUT2D eigenvalue weighted by Crippen LogP contribution is -1.33. The summed E-state index contributed by atoms with van der Waals surface area (Å²) in [7, 11) is 0. The number of hydrogen-bond acceptors (Lipinski definition) is 2. The molecule has 0 rings (SSSR count). The molecule has 0 aromatic heterocycles. The van der Waals surface area contributed by atoms with Crippen LogP contribution >= 0.6 is 34.8 Å². The molecule has 0 aliphatic rings. The standard InChI is InChI=1S/C2HCl3.H2O2/c3-1-2(4)5;1-2/h1H;1-2H. The highest BCUT2D eigenvalue weighted by molar-refractivity contribution is 6.58. The Kier molecular flexibility index (Phi) is 14.6. The molecule has 0 radical (unpaired) electrons. The van der Waals surface area contributed by atoms with Gasteiger partial charge >= 0.3 is 0 Å². The molecule has 0 saturated heterocycles. The molecule has 0 aromatic rings. The van der Waals surface area contributed by atoms with Crippen LogP contribution in [0.15, 0.2) is 10.0 Å². The van der Waals surface area contributed by atoms with Gasteiger partial charge in [-0.05, 0) is 0 Å². The van der Waals surface area contributed by atoms with Gasteiger partial charge in [0.15, 0.2) is 0 Å². The number of rotatable bonds is 0. The number of halogens is 3. The molecule has 0 aliphatic carbocycles. The van der Waals surface area contributed by atoms with E-state index in [9.17, 15) is 0 Å². The Morgan fingerprint density at radius 2 is 1.43 bits per heavy atom. The van der Waals surface area contributed by atoms with Gasteiger partial charge in [-0.1, -0.05) is 34.8 Å². The van der Waals surface area contributed by atoms with E-state index in [1.807, 2.05) is 0 Å². The molecule has 0 bridgehead atoms. The monoisotopic (exact) mass is 164 g/mol. The topological polar surface area (TPSA) is 40.5 Å². The Bertz CT molecular complexity index is 48.9. The van der Waals surface area contributed by atoms with Crippen molar-refractivity contribution < 1.29 is 10.5 Å². The second-order valence-electron chi connectivity index (χ2n) is 0.399. The van der Waals surface area contributed by atoms with E-state index in [-0.39, 0.29) is 4.49 Å². The minimum Gasteiger partial charge on any atom is -0.255 e. The normalized spacial score (nSPS) is 5.86. The van der Waals surface area contributed by atoms with Gasteiger partial charge in [0, 0.05) is 5.54 Å². The molecule has 2 N–H and O–H groups in total. The zero-order valence-electron chi connectivity index (χ0n) is 3.11. The van der Waals surface area contributed by atoms with Gasteiger partial charge in [0.25, 0.3) is 0 Å². The predicted molar refractivity (Wildman–Crippen MR) is 30.9 cm³/mol. The number of hydrogen-bond donors (Lipinski definition) is 2. The molecule has 0 atom stereocenters. The van der Waals surface area contributed by atoms with Crippen LogP contribution in [0.25, 0.3) is 0 Å². The predicted octanol–water partition coefficient (Wildman–Crippen LogP) is 2.52. The van der Waals surface area contributed by atoms with E-state index in [4.69, 9.17) is 45.3 Å². The van der Waals surface area contributed by atoms with Crippen LogP contribution in [0.5, 0.6) is 0 Å². The summed E-state index contributed by atoms with van der Waals surface area (Å²) < 4.78 is 0.0895. The fourth-order valence-electron chi connectivity index (χ4n) is 0. The maximum Gasteiger partial charge on any atom is 0.118 e. The van der Waals surface area contributed by atoms with E-state index >= 15 is 0 Å². The van der Waals surface area contributed by atoms with Crippen molar-refractivity contribution in [3.8, 4) is 0 Å². The van der Waals surface area contributed by atoms with E-state index in [1.54, 1.807) is 0 Å². The van der Waals surface area contributed by atoms with E-state index in [0.29, 0.717) is 0 Å². The summed E-state index contributed by atoms with van der Waals surface area (Å²) in [5.41, 5.74) is 1.09. The average Bonchev–Trinajstić information content (AvgIpc) is 1.73. The second-order valence-corrected chi connectivity index (χ2v) is 1.62. The fraction of sp³-hybridized carbons (Fsp3) is 0. The van der Waals surface area contributed by atoms with Gasteiger partial charge in [0.1, 0.15) is 4.49 Å². The van der Waals surface area contributed by atoms with Crippen LogP contribution < -0.4 is 0 Å². The summed E-state index contributed by atoms with van der Waals surface area (Å²) >= 11 is 14.8. The van der Waals surface area contributed by atoms with Crippen LogP contribution in [0.2, 0.25) is 0 Å². The molecule has 0 saturated carbocycles. The molecule has 0 spiro atoms. The summed E-state index contributed by atoms with van der Waals surface area (Å²) in [5, 5.41) is 12.0. The van der Waals surface area contributed by atoms with Crippen molar-refractivity contribution in [3.63, 3.8) is 0 Å². The van der Waals surface area contributed by atoms with Crippen LogP contribution in [0.3, 0.4) is 0 Å². The lowest BCUT2D eigenvalue weighted by atomic mass is 11.2. The Morgan fingerprint density at radius 3 is 1.43 bits per heavy atom. The molecular weight excluding hydrogens is 162 g/mol. The summed E-state index contributed by atoms with van der Waals surface area (Å²) in [5.74, 6) is 0. The van der Waals surface area contributed by atoms with E-state index in [1.165, 1.54) is 0 Å². The Labute approximate surface area is 55.8 Å². The van der Waals surface area contributed by atoms with Crippen LogP contribution in [0.4, 0.5) is 0 Å². The first-order chi connectivity index (χ1) is 3.27. The van der Waals surface area contributed by atoms with E-state index in [0.717, 1.165) is 5.54 Å². The van der Waals surface area contributed by atoms with Crippen molar-refractivity contribution in [2.24, 2.45) is 0 Å². The van der Waals surface area contributed by atoms with Gasteiger partial charge in [-0.15, -0.1) is 0 Å². The second kappa shape index (κ2) is 9.73. The molecule has 0 unspecified atom stereocenters. The fourth-order valence-corrected chi connectivity index (χ4v) is 0. The molecule has 2 nitrogen and oxygen atoms in total. The molecule has 5 heteroatoms. The SMILES string of the molecule is ClC=C(Cl)Cl.OO. The molecule has 0 aliphatic heterocycles. The Morgan fingerprint density at radius 1 is 1.29 bits per heavy atom. The maximum atomic E-state index is 6.00. The quantitative estimate of drug-likeness (QED) is 0.428. The van der Waals surface area contributed by atoms with E-state index in [2.05, 4.69) is 0 Å². The van der Waals surface area contributed by atoms with Crippen LogP contribution in [0.1, 0.15) is 0 Å². The summed E-state index contributed by atoms with van der Waals surface area (Å²) in [6.07, 6.45) is 0. The summed E-state index contributed by atoms with van der Waals surface area (Å²) in [6.45, 7) is 0. The van der Waals surface area contributed by atoms with Crippen molar-refractivity contribution in [1.82, 2.24) is 0 Å². The van der Waals surface area contributed by atoms with Crippen molar-refractivity contribution in [3.05, 3.63) is 10.0 Å². The van der Waals surface area contributed by atoms with Gasteiger partial charge < -0.3 is 0 Å². The lowest BCUT2D eigenvalue weighted by Gasteiger charge is -1.64. The van der Waals surface area contributed by atoms with Crippen LogP contribution in [-0.2, 0) is 0 Å². The van der Waals surface area contributed by atoms with Crippen LogP contribution in [-0.4, -0.2) is 10.5 Å². The molecule has 0 amide bonds. The molecular formula is C2H3Cl3O2. The molecule has 0 aromatic carbocycles. The average molecular weight is 165 g/mol. The third-order valence-electron chi connectivity index (χ3n) is 0.0825. The Hall–Kier alpha value is 0.530. The van der Waals surface area contributed by atoms with E-state index < -0.39 is 0 Å². The highest BCUT2D eigenvalue weighted by atomic mass is 35.5. The zero-order chi connectivity index (χ0) is 6.28. The largest absolute Gasteiger partial charge is 0.255 e. The van der Waals surface area contributed by atoms with Gasteiger partial charge in [0.2, 0.25) is 0 Å². The van der Waals surface area contributed by atoms with Crippen LogP contribution in [0, 0.1) is 0 Å². The smallest absolute Gasteiger partial charge is 0.118 e. The first-order valence-corrected chi connectivity index (χ1v) is 2.28. The highest BCUT2D eigenvalue weighted by Gasteiger charge is 1.70. The van der Waals surface area contributed by atoms with Crippen molar-refractivity contribution >= 4 is 34.8 Å². The minimum atomic E-state index is 0.0895. The highest BCUT2D eigenvalue weighted by Crippen LogP contribution is 2.05. The van der Waals surface area contributed by atoms with Gasteiger partial charge in [-0.2, -0.15) is 0 Å². The van der Waals surface area contributed by atoms with Gasteiger partial charge in [-0.25, -0.2) is 0 Å². The summed E-state index contributed by atoms with van der Waals surface area (Å²) in [6, 6.07) is 0. The first-order valence-electron chi connectivity index (χ1n) is 1.08. The Balaban J connectivity index is 0. The molecule has 7 heavy (non-hydrogen) atoms. The maximum absolute atomic E-state index is 6.00. The van der Waals surface area contributed by atoms with Gasteiger partial charge in [-0.3, -0.25) is 10.5 Å². The minimum absolute atomic E-state index is 0.0895. The molecule has 44 valence electrons.